The molecule has 1 heterocycles. The Morgan fingerprint density at radius 3 is 1.76 bits per heavy atom. The minimum absolute atomic E-state index is 0.266. The predicted octanol–water partition coefficient (Wildman–Crippen LogP) is 6.63. The third-order valence-electron chi connectivity index (χ3n) is 6.53. The van der Waals surface area contributed by atoms with E-state index >= 15 is 0 Å². The van der Waals surface area contributed by atoms with Crippen LogP contribution in [0.15, 0.2) is 116 Å². The summed E-state index contributed by atoms with van der Waals surface area (Å²) in [5.41, 5.74) is 3.08. The summed E-state index contributed by atoms with van der Waals surface area (Å²) < 4.78 is 25.9. The summed E-state index contributed by atoms with van der Waals surface area (Å²) in [6.45, 7) is 16.8. The zero-order valence-corrected chi connectivity index (χ0v) is 23.5. The second-order valence-corrected chi connectivity index (χ2v) is 12.5. The molecule has 1 saturated heterocycles. The van der Waals surface area contributed by atoms with Gasteiger partial charge in [0.2, 0.25) is 0 Å². The van der Waals surface area contributed by atoms with Crippen LogP contribution in [0.5, 0.6) is 0 Å². The summed E-state index contributed by atoms with van der Waals surface area (Å²) in [5, 5.41) is 0. The highest BCUT2D eigenvalue weighted by Gasteiger charge is 2.47. The van der Waals surface area contributed by atoms with E-state index in [4.69, 9.17) is 18.6 Å². The van der Waals surface area contributed by atoms with Crippen LogP contribution in [-0.2, 0) is 24.2 Å². The number of hydrogen-bond donors (Lipinski definition) is 0. The zero-order chi connectivity index (χ0) is 26.5. The SMILES string of the molecule is C=CC(O[SiH](C)C)[C@@H]1OC(C)(C)O[C@@H]1C(=C)COC(c1ccccc1)(c1ccccc1)c1ccccc1. The van der Waals surface area contributed by atoms with Crippen molar-refractivity contribution in [2.45, 2.75) is 56.6 Å². The molecule has 0 saturated carbocycles. The Kier molecular flexibility index (Phi) is 8.62. The van der Waals surface area contributed by atoms with Gasteiger partial charge in [-0.1, -0.05) is 104 Å². The summed E-state index contributed by atoms with van der Waals surface area (Å²) in [7, 11) is -1.34. The van der Waals surface area contributed by atoms with Gasteiger partial charge in [0.05, 0.1) is 12.7 Å². The molecule has 0 aliphatic carbocycles. The van der Waals surface area contributed by atoms with Crippen LogP contribution in [0.3, 0.4) is 0 Å². The molecule has 4 rings (SSSR count). The molecule has 1 aliphatic rings. The van der Waals surface area contributed by atoms with E-state index in [9.17, 15) is 0 Å². The van der Waals surface area contributed by atoms with E-state index < -0.39 is 26.5 Å². The lowest BCUT2D eigenvalue weighted by Crippen LogP contribution is -2.40. The van der Waals surface area contributed by atoms with E-state index in [0.29, 0.717) is 0 Å². The summed E-state index contributed by atoms with van der Waals surface area (Å²) in [4.78, 5) is 0. The van der Waals surface area contributed by atoms with Gasteiger partial charge in [0.1, 0.15) is 17.8 Å². The van der Waals surface area contributed by atoms with Crippen molar-refractivity contribution in [3.8, 4) is 0 Å². The average molecular weight is 515 g/mol. The van der Waals surface area contributed by atoms with Crippen molar-refractivity contribution < 1.29 is 18.6 Å². The highest BCUT2D eigenvalue weighted by atomic mass is 28.3. The van der Waals surface area contributed by atoms with Crippen molar-refractivity contribution in [3.63, 3.8) is 0 Å². The van der Waals surface area contributed by atoms with Crippen molar-refractivity contribution in [3.05, 3.63) is 132 Å². The fraction of sp³-hybridized carbons (Fsp3) is 0.312. The fourth-order valence-corrected chi connectivity index (χ4v) is 5.87. The number of benzene rings is 3. The minimum atomic E-state index is -1.34. The highest BCUT2D eigenvalue weighted by molar-refractivity contribution is 6.48. The maximum Gasteiger partial charge on any atom is 0.171 e. The van der Waals surface area contributed by atoms with Crippen molar-refractivity contribution in [2.75, 3.05) is 6.61 Å². The monoisotopic (exact) mass is 514 g/mol. The molecular formula is C32H38O4Si. The van der Waals surface area contributed by atoms with Crippen LogP contribution in [0.4, 0.5) is 0 Å². The first kappa shape index (κ1) is 27.2. The predicted molar refractivity (Wildman–Crippen MR) is 152 cm³/mol. The largest absolute Gasteiger partial charge is 0.412 e. The molecule has 3 aromatic rings. The lowest BCUT2D eigenvalue weighted by molar-refractivity contribution is -0.150. The van der Waals surface area contributed by atoms with Crippen LogP contribution in [-0.4, -0.2) is 39.7 Å². The van der Waals surface area contributed by atoms with Crippen molar-refractivity contribution in [1.82, 2.24) is 0 Å². The van der Waals surface area contributed by atoms with E-state index in [0.717, 1.165) is 22.3 Å². The van der Waals surface area contributed by atoms with Crippen LogP contribution in [0.25, 0.3) is 0 Å². The van der Waals surface area contributed by atoms with Crippen LogP contribution in [0.2, 0.25) is 13.1 Å². The molecule has 1 aliphatic heterocycles. The van der Waals surface area contributed by atoms with Crippen LogP contribution in [0, 0.1) is 0 Å². The molecule has 3 atom stereocenters. The first-order valence-electron chi connectivity index (χ1n) is 12.9. The third kappa shape index (κ3) is 6.03. The summed E-state index contributed by atoms with van der Waals surface area (Å²) in [6.07, 6.45) is 0.785. The summed E-state index contributed by atoms with van der Waals surface area (Å²) >= 11 is 0. The van der Waals surface area contributed by atoms with Gasteiger partial charge in [0.15, 0.2) is 14.8 Å². The smallest absolute Gasteiger partial charge is 0.171 e. The zero-order valence-electron chi connectivity index (χ0n) is 22.3. The molecule has 3 aromatic carbocycles. The van der Waals surface area contributed by atoms with Crippen molar-refractivity contribution in [2.24, 2.45) is 0 Å². The molecule has 4 nitrogen and oxygen atoms in total. The molecular weight excluding hydrogens is 476 g/mol. The Morgan fingerprint density at radius 1 is 0.892 bits per heavy atom. The molecule has 0 amide bonds. The molecule has 194 valence electrons. The Morgan fingerprint density at radius 2 is 1.35 bits per heavy atom. The molecule has 0 N–H and O–H groups in total. The second kappa shape index (κ2) is 11.7. The van der Waals surface area contributed by atoms with Crippen LogP contribution < -0.4 is 0 Å². The van der Waals surface area contributed by atoms with E-state index in [1.165, 1.54) is 0 Å². The Hall–Kier alpha value is -2.80. The van der Waals surface area contributed by atoms with Gasteiger partial charge in [-0.3, -0.25) is 0 Å². The number of hydrogen-bond acceptors (Lipinski definition) is 4. The van der Waals surface area contributed by atoms with E-state index in [-0.39, 0.29) is 18.8 Å². The molecule has 0 spiro atoms. The Balaban J connectivity index is 1.71. The van der Waals surface area contributed by atoms with Gasteiger partial charge < -0.3 is 18.6 Å². The highest BCUT2D eigenvalue weighted by Crippen LogP contribution is 2.42. The lowest BCUT2D eigenvalue weighted by atomic mass is 9.80. The molecule has 5 heteroatoms. The molecule has 0 radical (unpaired) electrons. The van der Waals surface area contributed by atoms with Crippen LogP contribution >= 0.6 is 0 Å². The van der Waals surface area contributed by atoms with Crippen molar-refractivity contribution in [1.29, 1.82) is 0 Å². The second-order valence-electron chi connectivity index (χ2n) is 10.1. The summed E-state index contributed by atoms with van der Waals surface area (Å²) in [5.74, 6) is -0.767. The van der Waals surface area contributed by atoms with Gasteiger partial charge in [0, 0.05) is 0 Å². The molecule has 0 bridgehead atoms. The van der Waals surface area contributed by atoms with E-state index in [1.807, 2.05) is 74.5 Å². The van der Waals surface area contributed by atoms with Gasteiger partial charge in [-0.2, -0.15) is 0 Å². The normalized spacial score (nSPS) is 20.0. The number of rotatable bonds is 11. The quantitative estimate of drug-likeness (QED) is 0.164. The van der Waals surface area contributed by atoms with Gasteiger partial charge in [-0.25, -0.2) is 0 Å². The van der Waals surface area contributed by atoms with Gasteiger partial charge in [-0.15, -0.1) is 6.58 Å². The van der Waals surface area contributed by atoms with Crippen molar-refractivity contribution >= 4 is 9.04 Å². The maximum absolute atomic E-state index is 6.98. The topological polar surface area (TPSA) is 36.9 Å². The molecule has 1 fully saturated rings. The number of ether oxygens (including phenoxy) is 3. The molecule has 1 unspecified atom stereocenters. The summed E-state index contributed by atoms with van der Waals surface area (Å²) in [6, 6.07) is 31.0. The van der Waals surface area contributed by atoms with Crippen LogP contribution in [0.1, 0.15) is 30.5 Å². The van der Waals surface area contributed by atoms with E-state index in [2.05, 4.69) is 62.7 Å². The first-order valence-corrected chi connectivity index (χ1v) is 15.7. The lowest BCUT2D eigenvalue weighted by Gasteiger charge is -2.37. The van der Waals surface area contributed by atoms with E-state index in [1.54, 1.807) is 0 Å². The maximum atomic E-state index is 6.98. The average Bonchev–Trinajstić information content (AvgIpc) is 3.24. The van der Waals surface area contributed by atoms with Gasteiger partial charge >= 0.3 is 0 Å². The third-order valence-corrected chi connectivity index (χ3v) is 7.39. The minimum Gasteiger partial charge on any atom is -0.412 e. The standard InChI is InChI=1S/C32H38O4Si/c1-7-28(36-37(5)6)30-29(34-31(3,4)35-30)24(2)23-33-32(25-17-11-8-12-18-25,26-19-13-9-14-20-26)27-21-15-10-16-22-27/h7-22,28-30,37H,1-2,23H2,3-6H3/t28?,29-,30+/m1/s1. The Bertz CT molecular complexity index is 1060. The fourth-order valence-electron chi connectivity index (χ4n) is 4.98. The molecule has 0 aromatic heterocycles. The Labute approximate surface area is 223 Å². The first-order chi connectivity index (χ1) is 17.8. The van der Waals surface area contributed by atoms with Gasteiger partial charge in [0.25, 0.3) is 0 Å². The molecule has 37 heavy (non-hydrogen) atoms. The van der Waals surface area contributed by atoms with Gasteiger partial charge in [-0.05, 0) is 49.2 Å².